The van der Waals surface area contributed by atoms with E-state index in [0.717, 1.165) is 0 Å². The number of alkyl halides is 6. The van der Waals surface area contributed by atoms with Crippen molar-refractivity contribution in [3.63, 3.8) is 0 Å². The molecular weight excluding hydrogens is 270 g/mol. The molecule has 1 aromatic rings. The number of anilines is 1. The van der Waals surface area contributed by atoms with Gasteiger partial charge in [-0.05, 0) is 12.1 Å². The third kappa shape index (κ3) is 2.63. The van der Waals surface area contributed by atoms with Crippen molar-refractivity contribution in [1.29, 1.82) is 0 Å². The van der Waals surface area contributed by atoms with Crippen molar-refractivity contribution >= 4 is 11.4 Å². The molecule has 0 spiro atoms. The summed E-state index contributed by atoms with van der Waals surface area (Å²) in [6.45, 7) is 0. The number of hydrogen-bond donors (Lipinski definition) is 1. The van der Waals surface area contributed by atoms with Crippen molar-refractivity contribution in [1.82, 2.24) is 0 Å². The van der Waals surface area contributed by atoms with E-state index >= 15 is 0 Å². The molecule has 0 atom stereocenters. The molecule has 0 bridgehead atoms. The van der Waals surface area contributed by atoms with Crippen LogP contribution in [-0.2, 0) is 12.4 Å². The van der Waals surface area contributed by atoms with Crippen LogP contribution in [0, 0.1) is 10.1 Å². The molecule has 0 amide bonds. The molecule has 0 aliphatic heterocycles. The zero-order valence-electron chi connectivity index (χ0n) is 8.26. The Balaban J connectivity index is 3.64. The summed E-state index contributed by atoms with van der Waals surface area (Å²) in [5.74, 6) is 0. The molecule has 0 radical (unpaired) electrons. The first kappa shape index (κ1) is 14.1. The fraction of sp³-hybridized carbons (Fsp3) is 0.250. The van der Waals surface area contributed by atoms with Crippen LogP contribution in [0.15, 0.2) is 12.1 Å². The van der Waals surface area contributed by atoms with Crippen LogP contribution in [0.25, 0.3) is 0 Å². The standard InChI is InChI=1S/C8H4F6N2O2/c9-7(10,11)3-1-4(8(12,13)14)6(16(17)18)5(15)2-3/h1-2H,15H2. The van der Waals surface area contributed by atoms with Crippen molar-refractivity contribution in [3.05, 3.63) is 33.4 Å². The van der Waals surface area contributed by atoms with Gasteiger partial charge in [-0.1, -0.05) is 0 Å². The Morgan fingerprint density at radius 1 is 1.06 bits per heavy atom. The van der Waals surface area contributed by atoms with Crippen molar-refractivity contribution in [3.8, 4) is 0 Å². The first-order valence-electron chi connectivity index (χ1n) is 4.17. The smallest absolute Gasteiger partial charge is 0.393 e. The van der Waals surface area contributed by atoms with Gasteiger partial charge in [0.05, 0.1) is 10.5 Å². The van der Waals surface area contributed by atoms with Crippen LogP contribution in [0.4, 0.5) is 37.7 Å². The summed E-state index contributed by atoms with van der Waals surface area (Å²) >= 11 is 0. The average Bonchev–Trinajstić information content (AvgIpc) is 2.12. The molecule has 0 aliphatic rings. The number of hydrogen-bond acceptors (Lipinski definition) is 3. The number of nitro groups is 1. The van der Waals surface area contributed by atoms with Crippen LogP contribution in [0.5, 0.6) is 0 Å². The largest absolute Gasteiger partial charge is 0.423 e. The molecule has 1 aromatic carbocycles. The molecule has 0 unspecified atom stereocenters. The maximum atomic E-state index is 12.4. The number of benzene rings is 1. The van der Waals surface area contributed by atoms with Crippen LogP contribution in [0.3, 0.4) is 0 Å². The van der Waals surface area contributed by atoms with E-state index in [-0.39, 0.29) is 12.1 Å². The highest BCUT2D eigenvalue weighted by Crippen LogP contribution is 2.43. The van der Waals surface area contributed by atoms with E-state index < -0.39 is 39.8 Å². The third-order valence-electron chi connectivity index (χ3n) is 1.95. The molecule has 0 aliphatic carbocycles. The predicted molar refractivity (Wildman–Crippen MR) is 47.5 cm³/mol. The number of rotatable bonds is 1. The molecule has 18 heavy (non-hydrogen) atoms. The molecule has 1 rings (SSSR count). The van der Waals surface area contributed by atoms with E-state index in [1.54, 1.807) is 0 Å². The third-order valence-corrected chi connectivity index (χ3v) is 1.95. The lowest BCUT2D eigenvalue weighted by molar-refractivity contribution is -0.387. The summed E-state index contributed by atoms with van der Waals surface area (Å²) in [5, 5.41) is 10.4. The molecule has 0 saturated heterocycles. The normalized spacial score (nSPS) is 12.6. The van der Waals surface area contributed by atoms with Crippen LogP contribution < -0.4 is 5.73 Å². The van der Waals surface area contributed by atoms with Gasteiger partial charge in [0.2, 0.25) is 0 Å². The van der Waals surface area contributed by atoms with Crippen molar-refractivity contribution in [2.45, 2.75) is 12.4 Å². The summed E-state index contributed by atoms with van der Waals surface area (Å²) in [7, 11) is 0. The van der Waals surface area contributed by atoms with Crippen molar-refractivity contribution < 1.29 is 31.3 Å². The summed E-state index contributed by atoms with van der Waals surface area (Å²) < 4.78 is 74.1. The zero-order chi connectivity index (χ0) is 14.3. The number of nitrogen functional groups attached to an aromatic ring is 1. The number of halogens is 6. The van der Waals surface area contributed by atoms with Gasteiger partial charge in [-0.2, -0.15) is 26.3 Å². The maximum absolute atomic E-state index is 12.4. The highest BCUT2D eigenvalue weighted by atomic mass is 19.4. The van der Waals surface area contributed by atoms with E-state index in [1.165, 1.54) is 0 Å². The van der Waals surface area contributed by atoms with Gasteiger partial charge in [0.15, 0.2) is 0 Å². The highest BCUT2D eigenvalue weighted by Gasteiger charge is 2.43. The Labute approximate surface area is 95.1 Å². The summed E-state index contributed by atoms with van der Waals surface area (Å²) in [5.41, 5.74) is -1.63. The van der Waals surface area contributed by atoms with Gasteiger partial charge in [0, 0.05) is 0 Å². The molecule has 2 N–H and O–H groups in total. The minimum Gasteiger partial charge on any atom is -0.393 e. The summed E-state index contributed by atoms with van der Waals surface area (Å²) in [6.07, 6.45) is -10.4. The molecule has 0 fully saturated rings. The summed E-state index contributed by atoms with van der Waals surface area (Å²) in [6, 6.07) is -0.248. The van der Waals surface area contributed by atoms with Gasteiger partial charge in [0.25, 0.3) is 0 Å². The average molecular weight is 274 g/mol. The Kier molecular flexibility index (Phi) is 3.15. The molecule has 0 saturated carbocycles. The lowest BCUT2D eigenvalue weighted by atomic mass is 10.1. The second-order valence-electron chi connectivity index (χ2n) is 3.21. The molecule has 4 nitrogen and oxygen atoms in total. The van der Waals surface area contributed by atoms with Gasteiger partial charge in [0.1, 0.15) is 11.3 Å². The lowest BCUT2D eigenvalue weighted by Crippen LogP contribution is -2.15. The van der Waals surface area contributed by atoms with Crippen LogP contribution in [0.1, 0.15) is 11.1 Å². The fourth-order valence-electron chi connectivity index (χ4n) is 1.24. The fourth-order valence-corrected chi connectivity index (χ4v) is 1.24. The molecule has 100 valence electrons. The Bertz CT molecular complexity index is 494. The first-order chi connectivity index (χ1) is 7.94. The van der Waals surface area contributed by atoms with Crippen LogP contribution in [0.2, 0.25) is 0 Å². The number of nitrogens with two attached hydrogens (primary N) is 1. The van der Waals surface area contributed by atoms with Crippen molar-refractivity contribution in [2.24, 2.45) is 0 Å². The lowest BCUT2D eigenvalue weighted by Gasteiger charge is -2.13. The highest BCUT2D eigenvalue weighted by molar-refractivity contribution is 5.65. The molecule has 0 aromatic heterocycles. The van der Waals surface area contributed by atoms with Gasteiger partial charge in [-0.25, -0.2) is 0 Å². The van der Waals surface area contributed by atoms with Crippen LogP contribution in [-0.4, -0.2) is 4.92 Å². The van der Waals surface area contributed by atoms with E-state index in [4.69, 9.17) is 5.73 Å². The maximum Gasteiger partial charge on any atom is 0.423 e. The van der Waals surface area contributed by atoms with Crippen LogP contribution >= 0.6 is 0 Å². The number of nitrogens with zero attached hydrogens (tertiary/aromatic N) is 1. The van der Waals surface area contributed by atoms with Gasteiger partial charge >= 0.3 is 18.0 Å². The van der Waals surface area contributed by atoms with E-state index in [2.05, 4.69) is 0 Å². The van der Waals surface area contributed by atoms with Crippen molar-refractivity contribution in [2.75, 3.05) is 5.73 Å². The summed E-state index contributed by atoms with van der Waals surface area (Å²) in [4.78, 5) is 8.92. The quantitative estimate of drug-likeness (QED) is 0.370. The Morgan fingerprint density at radius 2 is 1.56 bits per heavy atom. The monoisotopic (exact) mass is 274 g/mol. The zero-order valence-corrected chi connectivity index (χ0v) is 8.26. The number of nitro benzene ring substituents is 1. The second-order valence-corrected chi connectivity index (χ2v) is 3.21. The molecule has 10 heteroatoms. The topological polar surface area (TPSA) is 69.2 Å². The Morgan fingerprint density at radius 3 is 1.89 bits per heavy atom. The van der Waals surface area contributed by atoms with E-state index in [1.807, 2.05) is 0 Å². The second kappa shape index (κ2) is 4.03. The first-order valence-corrected chi connectivity index (χ1v) is 4.17. The molecular formula is C8H4F6N2O2. The van der Waals surface area contributed by atoms with Gasteiger partial charge in [-0.3, -0.25) is 10.1 Å². The minimum absolute atomic E-state index is 0.0906. The van der Waals surface area contributed by atoms with E-state index in [9.17, 15) is 36.5 Å². The SMILES string of the molecule is Nc1cc(C(F)(F)F)cc(C(F)(F)F)c1[N+](=O)[O-]. The Hall–Kier alpha value is -2.00. The minimum atomic E-state index is -5.31. The van der Waals surface area contributed by atoms with E-state index in [0.29, 0.717) is 0 Å². The molecule has 0 heterocycles. The van der Waals surface area contributed by atoms with Gasteiger partial charge < -0.3 is 5.73 Å². The predicted octanol–water partition coefficient (Wildman–Crippen LogP) is 3.21. The van der Waals surface area contributed by atoms with Gasteiger partial charge in [-0.15, -0.1) is 0 Å².